The summed E-state index contributed by atoms with van der Waals surface area (Å²) in [6.07, 6.45) is 7.85. The molecule has 2 aromatic heterocycles. The van der Waals surface area contributed by atoms with Gasteiger partial charge in [-0.25, -0.2) is 12.4 Å². The van der Waals surface area contributed by atoms with E-state index in [4.69, 9.17) is 14.2 Å². The highest BCUT2D eigenvalue weighted by atomic mass is 32.2. The summed E-state index contributed by atoms with van der Waals surface area (Å²) in [5.74, 6) is 1.94. The fraction of sp³-hybridized carbons (Fsp3) is 0.258. The number of fused-ring (bicyclic) bond motifs is 2. The fourth-order valence-corrected chi connectivity index (χ4v) is 6.95. The molecule has 1 saturated carbocycles. The van der Waals surface area contributed by atoms with Gasteiger partial charge in [0.05, 0.1) is 31.4 Å². The molecule has 200 valence electrons. The number of benzene rings is 3. The van der Waals surface area contributed by atoms with Gasteiger partial charge in [0.25, 0.3) is 10.0 Å². The number of hydrogen-bond donors (Lipinski definition) is 0. The molecular formula is C31H30N2O5S. The van der Waals surface area contributed by atoms with E-state index >= 15 is 0 Å². The van der Waals surface area contributed by atoms with Crippen LogP contribution in [-0.4, -0.2) is 37.7 Å². The van der Waals surface area contributed by atoms with Crippen molar-refractivity contribution < 1.29 is 22.6 Å². The molecule has 6 rings (SSSR count). The molecule has 2 heterocycles. The number of aromatic nitrogens is 2. The molecule has 0 amide bonds. The van der Waals surface area contributed by atoms with Gasteiger partial charge in [0.2, 0.25) is 0 Å². The van der Waals surface area contributed by atoms with Crippen LogP contribution < -0.4 is 14.2 Å². The Morgan fingerprint density at radius 2 is 1.74 bits per heavy atom. The topological polar surface area (TPSA) is 79.7 Å². The quantitative estimate of drug-likeness (QED) is 0.227. The molecule has 0 unspecified atom stereocenters. The highest BCUT2D eigenvalue weighted by Crippen LogP contribution is 2.40. The molecule has 3 aromatic carbocycles. The Bertz CT molecular complexity index is 1800. The third-order valence-corrected chi connectivity index (χ3v) is 9.10. The van der Waals surface area contributed by atoms with E-state index in [1.54, 1.807) is 50.9 Å². The molecule has 5 aromatic rings. The minimum Gasteiger partial charge on any atom is -0.497 e. The van der Waals surface area contributed by atoms with E-state index in [9.17, 15) is 8.42 Å². The summed E-state index contributed by atoms with van der Waals surface area (Å²) in [6.45, 7) is 1.94. The molecular weight excluding hydrogens is 512 g/mol. The molecule has 1 aliphatic rings. The zero-order valence-corrected chi connectivity index (χ0v) is 23.0. The molecule has 0 spiro atoms. The van der Waals surface area contributed by atoms with Gasteiger partial charge in [0, 0.05) is 28.7 Å². The average Bonchev–Trinajstić information content (AvgIpc) is 3.60. The van der Waals surface area contributed by atoms with Crippen molar-refractivity contribution in [2.45, 2.75) is 43.6 Å². The van der Waals surface area contributed by atoms with Crippen molar-refractivity contribution in [2.75, 3.05) is 14.2 Å². The first-order valence-corrected chi connectivity index (χ1v) is 14.5. The van der Waals surface area contributed by atoms with Gasteiger partial charge >= 0.3 is 0 Å². The number of para-hydroxylation sites is 1. The van der Waals surface area contributed by atoms with Crippen LogP contribution in [0.3, 0.4) is 0 Å². The van der Waals surface area contributed by atoms with Crippen LogP contribution >= 0.6 is 0 Å². The summed E-state index contributed by atoms with van der Waals surface area (Å²) in [4.78, 5) is 4.63. The maximum Gasteiger partial charge on any atom is 0.270 e. The van der Waals surface area contributed by atoms with E-state index in [1.165, 1.54) is 3.97 Å². The number of aryl methyl sites for hydroxylation is 1. The normalized spacial score (nSPS) is 14.2. The smallest absolute Gasteiger partial charge is 0.270 e. The first kappa shape index (κ1) is 25.2. The third kappa shape index (κ3) is 4.48. The lowest BCUT2D eigenvalue weighted by atomic mass is 10.0. The molecule has 1 fully saturated rings. The van der Waals surface area contributed by atoms with E-state index in [1.807, 2.05) is 43.3 Å². The lowest BCUT2D eigenvalue weighted by molar-refractivity contribution is 0.201. The molecule has 1 aliphatic carbocycles. The molecule has 0 bridgehead atoms. The standard InChI is InChI=1S/C31H30N2O5S/c1-20-15-22-7-6-10-30(31(22)32-18-20)39(34,35)33-19-26(25-17-24(36-2)12-13-27(25)33)21-11-14-28(37-3)29(16-21)38-23-8-4-5-9-23/h6-7,10-19,23H,4-5,8-9H2,1-3H3. The molecule has 8 heteroatoms. The van der Waals surface area contributed by atoms with Gasteiger partial charge in [0.15, 0.2) is 11.5 Å². The van der Waals surface area contributed by atoms with Crippen LogP contribution in [0.15, 0.2) is 78.0 Å². The Kier molecular flexibility index (Phi) is 6.43. The van der Waals surface area contributed by atoms with E-state index in [0.29, 0.717) is 28.3 Å². The Labute approximate surface area is 228 Å². The summed E-state index contributed by atoms with van der Waals surface area (Å²) in [7, 11) is -0.775. The van der Waals surface area contributed by atoms with Gasteiger partial charge in [0.1, 0.15) is 10.6 Å². The van der Waals surface area contributed by atoms with Crippen molar-refractivity contribution in [3.05, 3.63) is 78.6 Å². The number of ether oxygens (including phenoxy) is 3. The highest BCUT2D eigenvalue weighted by Gasteiger charge is 2.26. The lowest BCUT2D eigenvalue weighted by Crippen LogP contribution is -2.12. The Morgan fingerprint density at radius 1 is 0.923 bits per heavy atom. The number of nitrogens with zero attached hydrogens (tertiary/aromatic N) is 2. The molecule has 39 heavy (non-hydrogen) atoms. The van der Waals surface area contributed by atoms with Crippen LogP contribution in [0.2, 0.25) is 0 Å². The van der Waals surface area contributed by atoms with E-state index < -0.39 is 10.0 Å². The Morgan fingerprint density at radius 3 is 2.51 bits per heavy atom. The van der Waals surface area contributed by atoms with Crippen molar-refractivity contribution in [1.29, 1.82) is 0 Å². The molecule has 7 nitrogen and oxygen atoms in total. The molecule has 0 atom stereocenters. The van der Waals surface area contributed by atoms with Crippen molar-refractivity contribution >= 4 is 31.8 Å². The van der Waals surface area contributed by atoms with Gasteiger partial charge in [-0.3, -0.25) is 4.98 Å². The zero-order valence-electron chi connectivity index (χ0n) is 22.2. The van der Waals surface area contributed by atoms with E-state index in [2.05, 4.69) is 4.98 Å². The van der Waals surface area contributed by atoms with Gasteiger partial charge in [-0.05, 0) is 86.2 Å². The van der Waals surface area contributed by atoms with Crippen LogP contribution in [-0.2, 0) is 10.0 Å². The third-order valence-electron chi connectivity index (χ3n) is 7.40. The van der Waals surface area contributed by atoms with E-state index in [-0.39, 0.29) is 11.0 Å². The molecule has 0 saturated heterocycles. The largest absolute Gasteiger partial charge is 0.497 e. The van der Waals surface area contributed by atoms with E-state index in [0.717, 1.165) is 53.1 Å². The van der Waals surface area contributed by atoms with Crippen molar-refractivity contribution in [3.63, 3.8) is 0 Å². The van der Waals surface area contributed by atoms with Gasteiger partial charge in [-0.15, -0.1) is 0 Å². The van der Waals surface area contributed by atoms with Gasteiger partial charge < -0.3 is 14.2 Å². The summed E-state index contributed by atoms with van der Waals surface area (Å²) in [6, 6.07) is 18.3. The van der Waals surface area contributed by atoms with Crippen LogP contribution in [0.4, 0.5) is 0 Å². The molecule has 0 aliphatic heterocycles. The van der Waals surface area contributed by atoms with Crippen LogP contribution in [0.25, 0.3) is 32.9 Å². The maximum atomic E-state index is 14.2. The summed E-state index contributed by atoms with van der Waals surface area (Å²) >= 11 is 0. The predicted octanol–water partition coefficient (Wildman–Crippen LogP) is 6.74. The molecule has 0 N–H and O–H groups in total. The first-order chi connectivity index (χ1) is 18.9. The predicted molar refractivity (Wildman–Crippen MR) is 152 cm³/mol. The Balaban J connectivity index is 1.54. The number of methoxy groups -OCH3 is 2. The van der Waals surface area contributed by atoms with Crippen LogP contribution in [0.1, 0.15) is 31.2 Å². The average molecular weight is 543 g/mol. The monoisotopic (exact) mass is 542 g/mol. The van der Waals surface area contributed by atoms with Gasteiger partial charge in [-0.1, -0.05) is 18.2 Å². The number of hydrogen-bond acceptors (Lipinski definition) is 6. The fourth-order valence-electron chi connectivity index (χ4n) is 5.41. The summed E-state index contributed by atoms with van der Waals surface area (Å²) < 4.78 is 47.1. The summed E-state index contributed by atoms with van der Waals surface area (Å²) in [5.41, 5.74) is 3.52. The van der Waals surface area contributed by atoms with Crippen molar-refractivity contribution in [2.24, 2.45) is 0 Å². The number of rotatable bonds is 7. The second-order valence-electron chi connectivity index (χ2n) is 9.96. The van der Waals surface area contributed by atoms with Crippen LogP contribution in [0.5, 0.6) is 17.2 Å². The van der Waals surface area contributed by atoms with Crippen molar-refractivity contribution in [1.82, 2.24) is 8.96 Å². The van der Waals surface area contributed by atoms with Gasteiger partial charge in [-0.2, -0.15) is 0 Å². The maximum absolute atomic E-state index is 14.2. The lowest BCUT2D eigenvalue weighted by Gasteiger charge is -2.17. The van der Waals surface area contributed by atoms with Crippen LogP contribution in [0, 0.1) is 6.92 Å². The minimum absolute atomic E-state index is 0.151. The van der Waals surface area contributed by atoms with Crippen molar-refractivity contribution in [3.8, 4) is 28.4 Å². The minimum atomic E-state index is -4.00. The summed E-state index contributed by atoms with van der Waals surface area (Å²) in [5, 5.41) is 1.53. The Hall–Kier alpha value is -4.04. The molecule has 0 radical (unpaired) electrons. The zero-order chi connectivity index (χ0) is 27.1. The SMILES string of the molecule is COc1ccc2c(c1)c(-c1ccc(OC)c(OC3CCCC3)c1)cn2S(=O)(=O)c1cccc2cc(C)cnc12. The first-order valence-electron chi connectivity index (χ1n) is 13.0. The highest BCUT2D eigenvalue weighted by molar-refractivity contribution is 7.90. The number of pyridine rings is 1. The second-order valence-corrected chi connectivity index (χ2v) is 11.7. The second kappa shape index (κ2) is 9.93.